The Kier molecular flexibility index (Phi) is 4.41. The number of hydrogen-bond donors (Lipinski definition) is 1. The fraction of sp³-hybridized carbons (Fsp3) is 0.235. The highest BCUT2D eigenvalue weighted by Gasteiger charge is 2.13. The predicted molar refractivity (Wildman–Crippen MR) is 81.6 cm³/mol. The quantitative estimate of drug-likeness (QED) is 0.904. The lowest BCUT2D eigenvalue weighted by atomic mass is 10.1. The van der Waals surface area contributed by atoms with Gasteiger partial charge in [0.25, 0.3) is 0 Å². The Balaban J connectivity index is 2.13. The van der Waals surface area contributed by atoms with Crippen molar-refractivity contribution >= 4 is 11.7 Å². The van der Waals surface area contributed by atoms with Gasteiger partial charge in [0.05, 0.1) is 11.3 Å². The molecule has 3 nitrogen and oxygen atoms in total. The highest BCUT2D eigenvalue weighted by Crippen LogP contribution is 2.21. The number of anilines is 1. The van der Waals surface area contributed by atoms with Crippen molar-refractivity contribution in [3.8, 4) is 0 Å². The molecular weight excluding hydrogens is 250 g/mol. The molecule has 2 aromatic rings. The molecule has 3 heteroatoms. The monoisotopic (exact) mass is 269 g/mol. The molecule has 0 bridgehead atoms. The van der Waals surface area contributed by atoms with Gasteiger partial charge in [-0.05, 0) is 31.0 Å². The van der Waals surface area contributed by atoms with Crippen LogP contribution in [0.25, 0.3) is 0 Å². The van der Waals surface area contributed by atoms with Crippen molar-refractivity contribution < 1.29 is 9.90 Å². The number of nitrogens with zero attached hydrogens (tertiary/aromatic N) is 1. The molecule has 0 saturated heterocycles. The summed E-state index contributed by atoms with van der Waals surface area (Å²) in [6.45, 7) is 2.69. The third kappa shape index (κ3) is 3.38. The van der Waals surface area contributed by atoms with Crippen LogP contribution in [0.5, 0.6) is 0 Å². The first-order valence-corrected chi connectivity index (χ1v) is 6.67. The summed E-state index contributed by atoms with van der Waals surface area (Å²) in [5, 5.41) is 9.30. The summed E-state index contributed by atoms with van der Waals surface area (Å²) >= 11 is 0. The Bertz CT molecular complexity index is 593. The van der Waals surface area contributed by atoms with Gasteiger partial charge >= 0.3 is 5.97 Å². The van der Waals surface area contributed by atoms with Crippen LogP contribution in [0.4, 0.5) is 5.69 Å². The fourth-order valence-corrected chi connectivity index (χ4v) is 2.22. The molecule has 0 atom stereocenters. The van der Waals surface area contributed by atoms with E-state index in [2.05, 4.69) is 12.1 Å². The first-order chi connectivity index (χ1) is 9.58. The van der Waals surface area contributed by atoms with E-state index in [4.69, 9.17) is 0 Å². The average molecular weight is 269 g/mol. The number of aryl methyl sites for hydroxylation is 1. The highest BCUT2D eigenvalue weighted by atomic mass is 16.4. The van der Waals surface area contributed by atoms with Gasteiger partial charge in [0.15, 0.2) is 0 Å². The molecule has 104 valence electrons. The number of carbonyl (C=O) groups is 1. The topological polar surface area (TPSA) is 40.5 Å². The minimum absolute atomic E-state index is 0.362. The standard InChI is InChI=1S/C17H19NO2/c1-13-8-9-16(15(12-13)17(19)20)18(2)11-10-14-6-4-3-5-7-14/h3-9,12H,10-11H2,1-2H3,(H,19,20). The molecular formula is C17H19NO2. The summed E-state index contributed by atoms with van der Waals surface area (Å²) in [6, 6.07) is 15.7. The molecule has 0 fully saturated rings. The Morgan fingerprint density at radius 3 is 2.50 bits per heavy atom. The average Bonchev–Trinajstić information content (AvgIpc) is 2.45. The Hall–Kier alpha value is -2.29. The molecule has 0 heterocycles. The molecule has 0 spiro atoms. The van der Waals surface area contributed by atoms with Crippen molar-refractivity contribution in [2.24, 2.45) is 0 Å². The second-order valence-corrected chi connectivity index (χ2v) is 4.98. The summed E-state index contributed by atoms with van der Waals surface area (Å²) in [5.41, 5.74) is 3.34. The van der Waals surface area contributed by atoms with Crippen LogP contribution in [-0.4, -0.2) is 24.7 Å². The molecule has 0 unspecified atom stereocenters. The summed E-state index contributed by atoms with van der Waals surface area (Å²) in [6.07, 6.45) is 0.893. The van der Waals surface area contributed by atoms with Crippen molar-refractivity contribution in [2.75, 3.05) is 18.5 Å². The maximum atomic E-state index is 11.3. The molecule has 0 aromatic heterocycles. The molecule has 2 rings (SSSR count). The lowest BCUT2D eigenvalue weighted by Crippen LogP contribution is -2.22. The molecule has 2 aromatic carbocycles. The number of carboxylic acid groups (broad SMARTS) is 1. The van der Waals surface area contributed by atoms with Crippen LogP contribution in [0.15, 0.2) is 48.5 Å². The third-order valence-corrected chi connectivity index (χ3v) is 3.37. The first-order valence-electron chi connectivity index (χ1n) is 6.67. The molecule has 20 heavy (non-hydrogen) atoms. The molecule has 0 amide bonds. The minimum Gasteiger partial charge on any atom is -0.478 e. The lowest BCUT2D eigenvalue weighted by Gasteiger charge is -2.21. The van der Waals surface area contributed by atoms with E-state index in [1.165, 1.54) is 5.56 Å². The van der Waals surface area contributed by atoms with Crippen LogP contribution < -0.4 is 4.90 Å². The van der Waals surface area contributed by atoms with E-state index in [1.807, 2.05) is 49.2 Å². The number of hydrogen-bond acceptors (Lipinski definition) is 2. The largest absolute Gasteiger partial charge is 0.478 e. The number of aromatic carboxylic acids is 1. The zero-order valence-corrected chi connectivity index (χ0v) is 11.8. The number of benzene rings is 2. The predicted octanol–water partition coefficient (Wildman–Crippen LogP) is 3.37. The van der Waals surface area contributed by atoms with E-state index >= 15 is 0 Å². The second kappa shape index (κ2) is 6.24. The van der Waals surface area contributed by atoms with Gasteiger partial charge in [-0.25, -0.2) is 4.79 Å². The molecule has 0 aliphatic carbocycles. The van der Waals surface area contributed by atoms with E-state index < -0.39 is 5.97 Å². The second-order valence-electron chi connectivity index (χ2n) is 4.98. The van der Waals surface area contributed by atoms with Crippen molar-refractivity contribution in [1.29, 1.82) is 0 Å². The first kappa shape index (κ1) is 14.1. The molecule has 0 aliphatic heterocycles. The summed E-state index contributed by atoms with van der Waals surface area (Å²) in [7, 11) is 1.93. The Morgan fingerprint density at radius 1 is 1.15 bits per heavy atom. The maximum absolute atomic E-state index is 11.3. The minimum atomic E-state index is -0.879. The summed E-state index contributed by atoms with van der Waals surface area (Å²) in [4.78, 5) is 13.3. The van der Waals surface area contributed by atoms with Crippen molar-refractivity contribution in [2.45, 2.75) is 13.3 Å². The molecule has 1 N–H and O–H groups in total. The Morgan fingerprint density at radius 2 is 1.85 bits per heavy atom. The maximum Gasteiger partial charge on any atom is 0.337 e. The molecule has 0 aliphatic rings. The van der Waals surface area contributed by atoms with Gasteiger partial charge in [0.2, 0.25) is 0 Å². The summed E-state index contributed by atoms with van der Waals surface area (Å²) in [5.74, 6) is -0.879. The van der Waals surface area contributed by atoms with Crippen molar-refractivity contribution in [3.63, 3.8) is 0 Å². The van der Waals surface area contributed by atoms with E-state index in [9.17, 15) is 9.90 Å². The van der Waals surface area contributed by atoms with Crippen LogP contribution >= 0.6 is 0 Å². The Labute approximate surface area is 119 Å². The third-order valence-electron chi connectivity index (χ3n) is 3.37. The summed E-state index contributed by atoms with van der Waals surface area (Å²) < 4.78 is 0. The molecule has 0 saturated carbocycles. The van der Waals surface area contributed by atoms with Gasteiger partial charge in [-0.2, -0.15) is 0 Å². The van der Waals surface area contributed by atoms with E-state index in [0.29, 0.717) is 5.56 Å². The number of rotatable bonds is 5. The highest BCUT2D eigenvalue weighted by molar-refractivity contribution is 5.94. The van der Waals surface area contributed by atoms with Crippen molar-refractivity contribution in [1.82, 2.24) is 0 Å². The van der Waals surface area contributed by atoms with Crippen LogP contribution in [0, 0.1) is 6.92 Å². The van der Waals surface area contributed by atoms with Gasteiger partial charge < -0.3 is 10.0 Å². The fourth-order valence-electron chi connectivity index (χ4n) is 2.22. The van der Waals surface area contributed by atoms with Gasteiger partial charge in [0, 0.05) is 13.6 Å². The smallest absolute Gasteiger partial charge is 0.337 e. The SMILES string of the molecule is Cc1ccc(N(C)CCc2ccccc2)c(C(=O)O)c1. The van der Waals surface area contributed by atoms with Crippen LogP contribution in [0.3, 0.4) is 0 Å². The van der Waals surface area contributed by atoms with E-state index in [-0.39, 0.29) is 0 Å². The zero-order chi connectivity index (χ0) is 14.5. The van der Waals surface area contributed by atoms with Crippen molar-refractivity contribution in [3.05, 3.63) is 65.2 Å². The van der Waals surface area contributed by atoms with Gasteiger partial charge in [0.1, 0.15) is 0 Å². The van der Waals surface area contributed by atoms with Crippen LogP contribution in [-0.2, 0) is 6.42 Å². The lowest BCUT2D eigenvalue weighted by molar-refractivity contribution is 0.0697. The van der Waals surface area contributed by atoms with Gasteiger partial charge in [-0.1, -0.05) is 42.0 Å². The van der Waals surface area contributed by atoms with E-state index in [0.717, 1.165) is 24.2 Å². The normalized spacial score (nSPS) is 10.3. The number of carboxylic acids is 1. The van der Waals surface area contributed by atoms with E-state index in [1.54, 1.807) is 6.07 Å². The zero-order valence-electron chi connectivity index (χ0n) is 11.8. The van der Waals surface area contributed by atoms with Gasteiger partial charge in [-0.3, -0.25) is 0 Å². The number of likely N-dealkylation sites (N-methyl/N-ethyl adjacent to an activating group) is 1. The van der Waals surface area contributed by atoms with Crippen LogP contribution in [0.1, 0.15) is 21.5 Å². The van der Waals surface area contributed by atoms with Gasteiger partial charge in [-0.15, -0.1) is 0 Å². The van der Waals surface area contributed by atoms with Crippen LogP contribution in [0.2, 0.25) is 0 Å². The molecule has 0 radical (unpaired) electrons.